The Bertz CT molecular complexity index is 593. The summed E-state index contributed by atoms with van der Waals surface area (Å²) in [7, 11) is 0. The van der Waals surface area contributed by atoms with Crippen molar-refractivity contribution in [3.63, 3.8) is 0 Å². The van der Waals surface area contributed by atoms with Gasteiger partial charge >= 0.3 is 5.97 Å². The molecule has 0 aliphatic carbocycles. The SMILES string of the molecule is CC(O)CCOC(=O)c1ccn(-c2cccc(N)c2)n1. The van der Waals surface area contributed by atoms with Crippen LogP contribution < -0.4 is 5.73 Å². The van der Waals surface area contributed by atoms with Gasteiger partial charge in [-0.3, -0.25) is 0 Å². The van der Waals surface area contributed by atoms with Gasteiger partial charge in [0.2, 0.25) is 0 Å². The first-order valence-electron chi connectivity index (χ1n) is 6.33. The van der Waals surface area contributed by atoms with E-state index in [0.29, 0.717) is 12.1 Å². The first kappa shape index (κ1) is 14.1. The normalized spacial score (nSPS) is 12.1. The summed E-state index contributed by atoms with van der Waals surface area (Å²) in [6.45, 7) is 1.81. The van der Waals surface area contributed by atoms with Crippen molar-refractivity contribution in [1.29, 1.82) is 0 Å². The van der Waals surface area contributed by atoms with Crippen LogP contribution in [0.5, 0.6) is 0 Å². The highest BCUT2D eigenvalue weighted by Gasteiger charge is 2.12. The second kappa shape index (κ2) is 6.21. The lowest BCUT2D eigenvalue weighted by Crippen LogP contribution is -2.12. The second-order valence-electron chi connectivity index (χ2n) is 4.51. The molecule has 0 fully saturated rings. The fourth-order valence-electron chi connectivity index (χ4n) is 1.64. The number of nitrogens with two attached hydrogens (primary N) is 1. The van der Waals surface area contributed by atoms with Crippen molar-refractivity contribution < 1.29 is 14.6 Å². The van der Waals surface area contributed by atoms with Crippen molar-refractivity contribution in [3.8, 4) is 5.69 Å². The number of aliphatic hydroxyl groups is 1. The van der Waals surface area contributed by atoms with Gasteiger partial charge in [0.15, 0.2) is 5.69 Å². The number of ether oxygens (including phenoxy) is 1. The number of esters is 1. The Labute approximate surface area is 116 Å². The number of carbonyl (C=O) groups excluding carboxylic acids is 1. The summed E-state index contributed by atoms with van der Waals surface area (Å²) in [5.74, 6) is -0.506. The quantitative estimate of drug-likeness (QED) is 0.635. The molecule has 1 aromatic heterocycles. The monoisotopic (exact) mass is 275 g/mol. The van der Waals surface area contributed by atoms with Crippen molar-refractivity contribution in [2.45, 2.75) is 19.4 Å². The molecule has 0 amide bonds. The van der Waals surface area contributed by atoms with Crippen LogP contribution in [0.2, 0.25) is 0 Å². The first-order valence-corrected chi connectivity index (χ1v) is 6.33. The summed E-state index contributed by atoms with van der Waals surface area (Å²) in [5.41, 5.74) is 7.32. The fourth-order valence-corrected chi connectivity index (χ4v) is 1.64. The van der Waals surface area contributed by atoms with E-state index >= 15 is 0 Å². The summed E-state index contributed by atoms with van der Waals surface area (Å²) < 4.78 is 6.57. The molecule has 0 spiro atoms. The minimum absolute atomic E-state index is 0.168. The van der Waals surface area contributed by atoms with Crippen molar-refractivity contribution in [2.24, 2.45) is 0 Å². The molecule has 1 heterocycles. The minimum atomic E-state index is -0.506. The lowest BCUT2D eigenvalue weighted by atomic mass is 10.3. The molecule has 2 aromatic rings. The molecule has 0 saturated carbocycles. The van der Waals surface area contributed by atoms with Gasteiger partial charge in [-0.25, -0.2) is 9.48 Å². The highest BCUT2D eigenvalue weighted by Crippen LogP contribution is 2.12. The van der Waals surface area contributed by atoms with E-state index in [1.807, 2.05) is 12.1 Å². The van der Waals surface area contributed by atoms with Gasteiger partial charge in [-0.05, 0) is 31.2 Å². The van der Waals surface area contributed by atoms with Crippen molar-refractivity contribution in [2.75, 3.05) is 12.3 Å². The maximum Gasteiger partial charge on any atom is 0.358 e. The molecule has 0 radical (unpaired) electrons. The van der Waals surface area contributed by atoms with Crippen LogP contribution >= 0.6 is 0 Å². The summed E-state index contributed by atoms with van der Waals surface area (Å²) in [6.07, 6.45) is 1.58. The number of carbonyl (C=O) groups is 1. The lowest BCUT2D eigenvalue weighted by Gasteiger charge is -2.05. The van der Waals surface area contributed by atoms with E-state index < -0.39 is 12.1 Å². The highest BCUT2D eigenvalue weighted by molar-refractivity contribution is 5.87. The van der Waals surface area contributed by atoms with Gasteiger partial charge in [0, 0.05) is 18.3 Å². The average molecular weight is 275 g/mol. The third-order valence-electron chi connectivity index (χ3n) is 2.70. The summed E-state index contributed by atoms with van der Waals surface area (Å²) in [5, 5.41) is 13.2. The molecule has 20 heavy (non-hydrogen) atoms. The van der Waals surface area contributed by atoms with E-state index in [2.05, 4.69) is 5.10 Å². The van der Waals surface area contributed by atoms with E-state index in [9.17, 15) is 4.79 Å². The Morgan fingerprint density at radius 2 is 2.30 bits per heavy atom. The van der Waals surface area contributed by atoms with Gasteiger partial charge < -0.3 is 15.6 Å². The molecule has 0 aliphatic rings. The smallest absolute Gasteiger partial charge is 0.358 e. The zero-order valence-electron chi connectivity index (χ0n) is 11.2. The number of anilines is 1. The topological polar surface area (TPSA) is 90.4 Å². The summed E-state index contributed by atoms with van der Waals surface area (Å²) in [6, 6.07) is 8.76. The number of rotatable bonds is 5. The Morgan fingerprint density at radius 3 is 3.00 bits per heavy atom. The number of aromatic nitrogens is 2. The average Bonchev–Trinajstić information content (AvgIpc) is 2.87. The largest absolute Gasteiger partial charge is 0.461 e. The van der Waals surface area contributed by atoms with Crippen LogP contribution in [0.25, 0.3) is 5.69 Å². The van der Waals surface area contributed by atoms with Crippen LogP contribution in [-0.4, -0.2) is 33.6 Å². The fraction of sp³-hybridized carbons (Fsp3) is 0.286. The van der Waals surface area contributed by atoms with Gasteiger partial charge in [0.05, 0.1) is 18.4 Å². The maximum atomic E-state index is 11.7. The van der Waals surface area contributed by atoms with Crippen LogP contribution in [0.1, 0.15) is 23.8 Å². The molecule has 2 rings (SSSR count). The van der Waals surface area contributed by atoms with Crippen molar-refractivity contribution >= 4 is 11.7 Å². The van der Waals surface area contributed by atoms with E-state index in [4.69, 9.17) is 15.6 Å². The van der Waals surface area contributed by atoms with Gasteiger partial charge in [0.1, 0.15) is 0 Å². The number of hydrogen-bond donors (Lipinski definition) is 2. The Morgan fingerprint density at radius 1 is 1.50 bits per heavy atom. The predicted octanol–water partition coefficient (Wildman–Crippen LogP) is 1.38. The molecule has 6 nitrogen and oxygen atoms in total. The molecule has 106 valence electrons. The molecular formula is C14H17N3O3. The molecule has 1 aromatic carbocycles. The number of hydrogen-bond acceptors (Lipinski definition) is 5. The summed E-state index contributed by atoms with van der Waals surface area (Å²) >= 11 is 0. The standard InChI is InChI=1S/C14H17N3O3/c1-10(18)6-8-20-14(19)13-5-7-17(16-13)12-4-2-3-11(15)9-12/h2-5,7,9-10,18H,6,8,15H2,1H3. The number of nitrogen functional groups attached to an aromatic ring is 1. The predicted molar refractivity (Wildman–Crippen MR) is 74.6 cm³/mol. The number of benzene rings is 1. The zero-order valence-corrected chi connectivity index (χ0v) is 11.2. The molecule has 0 bridgehead atoms. The summed E-state index contributed by atoms with van der Waals surface area (Å²) in [4.78, 5) is 11.7. The Hall–Kier alpha value is -2.34. The molecule has 0 aliphatic heterocycles. The second-order valence-corrected chi connectivity index (χ2v) is 4.51. The first-order chi connectivity index (χ1) is 9.56. The Balaban J connectivity index is 2.03. The third kappa shape index (κ3) is 3.58. The molecule has 0 saturated heterocycles. The molecule has 1 atom stereocenters. The van der Waals surface area contributed by atoms with E-state index in [1.165, 1.54) is 0 Å². The van der Waals surface area contributed by atoms with Crippen LogP contribution in [0.15, 0.2) is 36.5 Å². The van der Waals surface area contributed by atoms with Crippen molar-refractivity contribution in [1.82, 2.24) is 9.78 Å². The molecular weight excluding hydrogens is 258 g/mol. The molecule has 6 heteroatoms. The van der Waals surface area contributed by atoms with E-state index in [-0.39, 0.29) is 12.3 Å². The lowest BCUT2D eigenvalue weighted by molar-refractivity contribution is 0.0437. The number of nitrogens with zero attached hydrogens (tertiary/aromatic N) is 2. The molecule has 3 N–H and O–H groups in total. The molecule has 1 unspecified atom stereocenters. The third-order valence-corrected chi connectivity index (χ3v) is 2.70. The van der Waals surface area contributed by atoms with Crippen molar-refractivity contribution in [3.05, 3.63) is 42.2 Å². The van der Waals surface area contributed by atoms with Gasteiger partial charge in [-0.15, -0.1) is 0 Å². The number of aliphatic hydroxyl groups excluding tert-OH is 1. The Kier molecular flexibility index (Phi) is 4.37. The van der Waals surface area contributed by atoms with E-state index in [0.717, 1.165) is 5.69 Å². The zero-order chi connectivity index (χ0) is 14.5. The van der Waals surface area contributed by atoms with Crippen LogP contribution in [0.4, 0.5) is 5.69 Å². The van der Waals surface area contributed by atoms with E-state index in [1.54, 1.807) is 36.0 Å². The van der Waals surface area contributed by atoms with Crippen LogP contribution in [0.3, 0.4) is 0 Å². The van der Waals surface area contributed by atoms with Crippen LogP contribution in [-0.2, 0) is 4.74 Å². The highest BCUT2D eigenvalue weighted by atomic mass is 16.5. The maximum absolute atomic E-state index is 11.7. The van der Waals surface area contributed by atoms with Crippen LogP contribution in [0, 0.1) is 0 Å². The minimum Gasteiger partial charge on any atom is -0.461 e. The van der Waals surface area contributed by atoms with Gasteiger partial charge in [-0.2, -0.15) is 5.10 Å². The van der Waals surface area contributed by atoms with Gasteiger partial charge in [0.25, 0.3) is 0 Å². The van der Waals surface area contributed by atoms with Gasteiger partial charge in [-0.1, -0.05) is 6.07 Å².